The third kappa shape index (κ3) is 2.96. The van der Waals surface area contributed by atoms with Crippen molar-refractivity contribution in [3.8, 4) is 11.5 Å². The molecule has 5 nitrogen and oxygen atoms in total. The summed E-state index contributed by atoms with van der Waals surface area (Å²) in [6.07, 6.45) is 5.69. The minimum atomic E-state index is -0.426. The summed E-state index contributed by atoms with van der Waals surface area (Å²) in [5.74, 6) is 1.42. The van der Waals surface area contributed by atoms with E-state index in [9.17, 15) is 14.7 Å². The number of fused-ring (bicyclic) bond motifs is 5. The fraction of sp³-hybridized carbons (Fsp3) is 0.636. The van der Waals surface area contributed by atoms with Crippen LogP contribution >= 0.6 is 0 Å². The van der Waals surface area contributed by atoms with Crippen LogP contribution in [0, 0.1) is 17.3 Å². The Labute approximate surface area is 160 Å². The van der Waals surface area contributed by atoms with Crippen LogP contribution in [0.5, 0.6) is 11.5 Å². The van der Waals surface area contributed by atoms with Gasteiger partial charge in [0.2, 0.25) is 0 Å². The van der Waals surface area contributed by atoms with Crippen LogP contribution < -0.4 is 9.47 Å². The van der Waals surface area contributed by atoms with Crippen LogP contribution in [-0.2, 0) is 16.0 Å². The zero-order valence-corrected chi connectivity index (χ0v) is 16.3. The summed E-state index contributed by atoms with van der Waals surface area (Å²) in [5.41, 5.74) is 2.27. The van der Waals surface area contributed by atoms with Crippen molar-refractivity contribution in [2.24, 2.45) is 17.3 Å². The highest BCUT2D eigenvalue weighted by Gasteiger charge is 2.54. The van der Waals surface area contributed by atoms with Crippen molar-refractivity contribution >= 4 is 11.9 Å². The van der Waals surface area contributed by atoms with Gasteiger partial charge in [-0.15, -0.1) is 0 Å². The monoisotopic (exact) mass is 372 g/mol. The van der Waals surface area contributed by atoms with Gasteiger partial charge in [-0.3, -0.25) is 9.59 Å². The van der Waals surface area contributed by atoms with Crippen LogP contribution in [0.4, 0.5) is 0 Å². The molecule has 0 heterocycles. The number of ether oxygens (including phenoxy) is 2. The van der Waals surface area contributed by atoms with Crippen LogP contribution in [0.1, 0.15) is 69.9 Å². The normalized spacial score (nSPS) is 34.2. The lowest BCUT2D eigenvalue weighted by Gasteiger charge is -2.50. The topological polar surface area (TPSA) is 72.8 Å². The highest BCUT2D eigenvalue weighted by Crippen LogP contribution is 2.61. The molecule has 1 aromatic rings. The summed E-state index contributed by atoms with van der Waals surface area (Å²) in [6.45, 7) is 4.98. The van der Waals surface area contributed by atoms with Gasteiger partial charge in [0.25, 0.3) is 0 Å². The van der Waals surface area contributed by atoms with Crippen molar-refractivity contribution in [1.29, 1.82) is 0 Å². The predicted octanol–water partition coefficient (Wildman–Crippen LogP) is 3.75. The third-order valence-corrected chi connectivity index (χ3v) is 7.27. The number of aliphatic hydroxyl groups excluding tert-OH is 1. The van der Waals surface area contributed by atoms with E-state index in [4.69, 9.17) is 9.47 Å². The molecule has 1 aromatic carbocycles. The van der Waals surface area contributed by atoms with Gasteiger partial charge in [0.15, 0.2) is 11.5 Å². The molecular formula is C22H28O5. The van der Waals surface area contributed by atoms with Gasteiger partial charge in [-0.1, -0.05) is 13.0 Å². The van der Waals surface area contributed by atoms with Crippen molar-refractivity contribution in [2.75, 3.05) is 0 Å². The largest absolute Gasteiger partial charge is 0.423 e. The number of carbonyl (C=O) groups excluding carboxylic acids is 2. The molecule has 2 saturated carbocycles. The number of hydrogen-bond donors (Lipinski definition) is 1. The van der Waals surface area contributed by atoms with E-state index in [1.54, 1.807) is 6.07 Å². The summed E-state index contributed by atoms with van der Waals surface area (Å²) in [6, 6.07) is 3.81. The average molecular weight is 372 g/mol. The van der Waals surface area contributed by atoms with E-state index < -0.39 is 11.9 Å². The van der Waals surface area contributed by atoms with E-state index in [0.29, 0.717) is 29.3 Å². The minimum Gasteiger partial charge on any atom is -0.423 e. The van der Waals surface area contributed by atoms with Crippen LogP contribution in [0.2, 0.25) is 0 Å². The zero-order chi connectivity index (χ0) is 19.3. The van der Waals surface area contributed by atoms with Crippen LogP contribution in [0.25, 0.3) is 0 Å². The molecule has 3 aliphatic carbocycles. The Hall–Kier alpha value is -1.88. The molecular weight excluding hydrogens is 344 g/mol. The van der Waals surface area contributed by atoms with Gasteiger partial charge in [0.1, 0.15) is 0 Å². The summed E-state index contributed by atoms with van der Waals surface area (Å²) < 4.78 is 10.8. The van der Waals surface area contributed by atoms with Crippen LogP contribution in [-0.4, -0.2) is 23.1 Å². The van der Waals surface area contributed by atoms with Gasteiger partial charge in [0.05, 0.1) is 6.10 Å². The minimum absolute atomic E-state index is 0.0368. The Morgan fingerprint density at radius 2 is 1.81 bits per heavy atom. The van der Waals surface area contributed by atoms with E-state index in [1.165, 1.54) is 19.4 Å². The van der Waals surface area contributed by atoms with Gasteiger partial charge in [-0.2, -0.15) is 0 Å². The molecule has 27 heavy (non-hydrogen) atoms. The summed E-state index contributed by atoms with van der Waals surface area (Å²) >= 11 is 0. The first-order chi connectivity index (χ1) is 12.8. The van der Waals surface area contributed by atoms with Gasteiger partial charge in [-0.05, 0) is 73.3 Å². The maximum Gasteiger partial charge on any atom is 0.308 e. The van der Waals surface area contributed by atoms with Crippen LogP contribution in [0.3, 0.4) is 0 Å². The molecule has 0 aromatic heterocycles. The molecule has 5 heteroatoms. The first-order valence-corrected chi connectivity index (χ1v) is 10.0. The molecule has 0 aliphatic heterocycles. The molecule has 0 saturated heterocycles. The molecule has 2 fully saturated rings. The van der Waals surface area contributed by atoms with Gasteiger partial charge >= 0.3 is 11.9 Å². The fourth-order valence-corrected chi connectivity index (χ4v) is 6.08. The SMILES string of the molecule is CC(=O)Oc1ccc2c(c1OC(C)=O)CC[C@@H]1[C@@H]2CC[C@]2(C)[C@@H](O)CC[C@@H]12. The maximum absolute atomic E-state index is 11.7. The van der Waals surface area contributed by atoms with Crippen molar-refractivity contribution in [2.45, 2.75) is 71.3 Å². The Kier molecular flexibility index (Phi) is 4.53. The smallest absolute Gasteiger partial charge is 0.308 e. The summed E-state index contributed by atoms with van der Waals surface area (Å²) in [5, 5.41) is 10.5. The highest BCUT2D eigenvalue weighted by atomic mass is 16.6. The van der Waals surface area contributed by atoms with Crippen molar-refractivity contribution < 1.29 is 24.2 Å². The quantitative estimate of drug-likeness (QED) is 0.632. The van der Waals surface area contributed by atoms with Crippen molar-refractivity contribution in [3.63, 3.8) is 0 Å². The first-order valence-electron chi connectivity index (χ1n) is 10.0. The zero-order valence-electron chi connectivity index (χ0n) is 16.3. The molecule has 5 atom stereocenters. The molecule has 3 aliphatic rings. The second-order valence-electron chi connectivity index (χ2n) is 8.70. The van der Waals surface area contributed by atoms with E-state index >= 15 is 0 Å². The number of esters is 2. The predicted molar refractivity (Wildman–Crippen MR) is 99.7 cm³/mol. The average Bonchev–Trinajstić information content (AvgIpc) is 2.91. The van der Waals surface area contributed by atoms with E-state index in [-0.39, 0.29) is 11.5 Å². The lowest BCUT2D eigenvalue weighted by atomic mass is 9.55. The lowest BCUT2D eigenvalue weighted by Crippen LogP contribution is -2.44. The molecule has 0 amide bonds. The van der Waals surface area contributed by atoms with E-state index in [0.717, 1.165) is 44.1 Å². The molecule has 0 unspecified atom stereocenters. The van der Waals surface area contributed by atoms with E-state index in [2.05, 4.69) is 6.92 Å². The molecule has 1 N–H and O–H groups in total. The third-order valence-electron chi connectivity index (χ3n) is 7.27. The Morgan fingerprint density at radius 1 is 1.07 bits per heavy atom. The number of carbonyl (C=O) groups is 2. The number of aliphatic hydroxyl groups is 1. The molecule has 0 spiro atoms. The Balaban J connectivity index is 1.73. The highest BCUT2D eigenvalue weighted by molar-refractivity contribution is 5.75. The Bertz CT molecular complexity index is 785. The first kappa shape index (κ1) is 18.5. The van der Waals surface area contributed by atoms with E-state index in [1.807, 2.05) is 6.07 Å². The number of hydrogen-bond acceptors (Lipinski definition) is 5. The fourth-order valence-electron chi connectivity index (χ4n) is 6.08. The lowest BCUT2D eigenvalue weighted by molar-refractivity contribution is -0.134. The molecule has 0 bridgehead atoms. The molecule has 4 rings (SSSR count). The van der Waals surface area contributed by atoms with Crippen molar-refractivity contribution in [1.82, 2.24) is 0 Å². The summed E-state index contributed by atoms with van der Waals surface area (Å²) in [7, 11) is 0. The second-order valence-corrected chi connectivity index (χ2v) is 8.70. The Morgan fingerprint density at radius 3 is 2.52 bits per heavy atom. The van der Waals surface area contributed by atoms with Gasteiger partial charge in [0, 0.05) is 19.4 Å². The van der Waals surface area contributed by atoms with Gasteiger partial charge < -0.3 is 14.6 Å². The maximum atomic E-state index is 11.7. The summed E-state index contributed by atoms with van der Waals surface area (Å²) in [4.78, 5) is 23.1. The number of rotatable bonds is 2. The van der Waals surface area contributed by atoms with Crippen molar-refractivity contribution in [3.05, 3.63) is 23.3 Å². The van der Waals surface area contributed by atoms with Crippen LogP contribution in [0.15, 0.2) is 12.1 Å². The standard InChI is InChI=1S/C22H28O5/c1-12(23)26-19-8-6-14-15-10-11-22(3)18(7-9-20(22)25)16(15)4-5-17(14)21(19)27-13(2)24/h6,8,15-16,18,20,25H,4-5,7,9-11H2,1-3H3/t15-,16-,18+,20+,22+/m1/s1. The molecule has 146 valence electrons. The molecule has 0 radical (unpaired) electrons. The van der Waals surface area contributed by atoms with Gasteiger partial charge in [-0.25, -0.2) is 0 Å². The second kappa shape index (κ2) is 6.62. The number of benzene rings is 1.